The minimum atomic E-state index is 0.0495. The zero-order valence-corrected chi connectivity index (χ0v) is 12.4. The van der Waals surface area contributed by atoms with Crippen molar-refractivity contribution in [1.29, 1.82) is 0 Å². The van der Waals surface area contributed by atoms with Gasteiger partial charge in [0.1, 0.15) is 6.10 Å². The molecule has 0 bridgehead atoms. The molecular formula is C15H26N2O3. The van der Waals surface area contributed by atoms with Crippen molar-refractivity contribution in [2.24, 2.45) is 11.1 Å². The standard InChI is InChI=1S/C15H26N2O3/c1-2-3-4-5-14-8-13(17-20-14)9-15(18)16-10-12-6-7-19-11-12/h12,14H,2-11H2,1H3,(H,16,18). The monoisotopic (exact) mass is 282 g/mol. The third-order valence-electron chi connectivity index (χ3n) is 3.90. The van der Waals surface area contributed by atoms with Gasteiger partial charge in [0, 0.05) is 25.5 Å². The summed E-state index contributed by atoms with van der Waals surface area (Å²) in [6.45, 7) is 4.49. The predicted molar refractivity (Wildman–Crippen MR) is 77.6 cm³/mol. The highest BCUT2D eigenvalue weighted by Crippen LogP contribution is 2.18. The highest BCUT2D eigenvalue weighted by Gasteiger charge is 2.23. The molecule has 5 nitrogen and oxygen atoms in total. The van der Waals surface area contributed by atoms with E-state index in [0.29, 0.717) is 18.9 Å². The maximum atomic E-state index is 11.8. The quantitative estimate of drug-likeness (QED) is 0.695. The van der Waals surface area contributed by atoms with Gasteiger partial charge in [-0.05, 0) is 19.3 Å². The average molecular weight is 282 g/mol. The van der Waals surface area contributed by atoms with E-state index in [1.807, 2.05) is 0 Å². The van der Waals surface area contributed by atoms with Crippen LogP contribution in [-0.4, -0.2) is 37.5 Å². The Kier molecular flexibility index (Phi) is 6.30. The Balaban J connectivity index is 1.57. The van der Waals surface area contributed by atoms with Gasteiger partial charge in [-0.2, -0.15) is 0 Å². The van der Waals surface area contributed by atoms with Crippen LogP contribution in [0.4, 0.5) is 0 Å². The summed E-state index contributed by atoms with van der Waals surface area (Å²) in [4.78, 5) is 17.2. The SMILES string of the molecule is CCCCCC1CC(CC(=O)NCC2CCOC2)=NO1. The lowest BCUT2D eigenvalue weighted by molar-refractivity contribution is -0.120. The fourth-order valence-electron chi connectivity index (χ4n) is 2.62. The van der Waals surface area contributed by atoms with E-state index in [4.69, 9.17) is 9.57 Å². The van der Waals surface area contributed by atoms with Crippen molar-refractivity contribution >= 4 is 11.6 Å². The minimum Gasteiger partial charge on any atom is -0.392 e. The number of nitrogens with one attached hydrogen (secondary N) is 1. The van der Waals surface area contributed by atoms with Crippen molar-refractivity contribution in [1.82, 2.24) is 5.32 Å². The molecule has 2 atom stereocenters. The second-order valence-corrected chi connectivity index (χ2v) is 5.80. The Hall–Kier alpha value is -1.10. The maximum absolute atomic E-state index is 11.8. The molecule has 1 saturated heterocycles. The molecule has 0 aromatic rings. The number of hydrogen-bond donors (Lipinski definition) is 1. The Morgan fingerprint density at radius 2 is 2.35 bits per heavy atom. The molecule has 2 heterocycles. The molecule has 0 saturated carbocycles. The molecule has 2 unspecified atom stereocenters. The van der Waals surface area contributed by atoms with Gasteiger partial charge in [-0.1, -0.05) is 24.9 Å². The van der Waals surface area contributed by atoms with Gasteiger partial charge in [0.2, 0.25) is 5.91 Å². The number of hydrogen-bond acceptors (Lipinski definition) is 4. The highest BCUT2D eigenvalue weighted by atomic mass is 16.6. The molecule has 2 aliphatic heterocycles. The van der Waals surface area contributed by atoms with Crippen LogP contribution in [0.3, 0.4) is 0 Å². The Morgan fingerprint density at radius 3 is 3.10 bits per heavy atom. The van der Waals surface area contributed by atoms with Gasteiger partial charge in [-0.3, -0.25) is 4.79 Å². The van der Waals surface area contributed by atoms with Crippen LogP contribution in [0.2, 0.25) is 0 Å². The largest absolute Gasteiger partial charge is 0.392 e. The summed E-state index contributed by atoms with van der Waals surface area (Å²) in [7, 11) is 0. The van der Waals surface area contributed by atoms with Gasteiger partial charge < -0.3 is 14.9 Å². The second-order valence-electron chi connectivity index (χ2n) is 5.80. The molecule has 2 aliphatic rings. The van der Waals surface area contributed by atoms with Gasteiger partial charge in [0.15, 0.2) is 0 Å². The maximum Gasteiger partial charge on any atom is 0.225 e. The highest BCUT2D eigenvalue weighted by molar-refractivity contribution is 6.01. The second kappa shape index (κ2) is 8.25. The lowest BCUT2D eigenvalue weighted by atomic mass is 10.0. The van der Waals surface area contributed by atoms with Gasteiger partial charge >= 0.3 is 0 Å². The van der Waals surface area contributed by atoms with E-state index in [1.165, 1.54) is 19.3 Å². The Bertz CT molecular complexity index is 338. The molecule has 1 amide bonds. The predicted octanol–water partition coefficient (Wildman–Crippen LogP) is 2.25. The van der Waals surface area contributed by atoms with Crippen LogP contribution >= 0.6 is 0 Å². The minimum absolute atomic E-state index is 0.0495. The molecule has 0 radical (unpaired) electrons. The first kappa shape index (κ1) is 15.3. The van der Waals surface area contributed by atoms with Gasteiger partial charge in [-0.25, -0.2) is 0 Å². The zero-order valence-electron chi connectivity index (χ0n) is 12.4. The van der Waals surface area contributed by atoms with E-state index >= 15 is 0 Å². The van der Waals surface area contributed by atoms with E-state index in [0.717, 1.165) is 38.2 Å². The summed E-state index contributed by atoms with van der Waals surface area (Å²) in [5.74, 6) is 0.524. The molecule has 114 valence electrons. The summed E-state index contributed by atoms with van der Waals surface area (Å²) in [5.41, 5.74) is 0.881. The van der Waals surface area contributed by atoms with Crippen molar-refractivity contribution in [3.63, 3.8) is 0 Å². The van der Waals surface area contributed by atoms with Crippen molar-refractivity contribution in [2.45, 2.75) is 58.0 Å². The summed E-state index contributed by atoms with van der Waals surface area (Å²) >= 11 is 0. The lowest BCUT2D eigenvalue weighted by Gasteiger charge is -2.09. The van der Waals surface area contributed by atoms with Crippen molar-refractivity contribution in [3.8, 4) is 0 Å². The zero-order chi connectivity index (χ0) is 14.2. The van der Waals surface area contributed by atoms with Crippen molar-refractivity contribution in [2.75, 3.05) is 19.8 Å². The lowest BCUT2D eigenvalue weighted by Crippen LogP contribution is -2.30. The Morgan fingerprint density at radius 1 is 1.45 bits per heavy atom. The number of unbranched alkanes of at least 4 members (excludes halogenated alkanes) is 2. The number of amides is 1. The smallest absolute Gasteiger partial charge is 0.225 e. The topological polar surface area (TPSA) is 59.9 Å². The van der Waals surface area contributed by atoms with Gasteiger partial charge in [0.05, 0.1) is 18.7 Å². The van der Waals surface area contributed by atoms with E-state index in [1.54, 1.807) is 0 Å². The molecule has 20 heavy (non-hydrogen) atoms. The number of nitrogens with zero attached hydrogens (tertiary/aromatic N) is 1. The van der Waals surface area contributed by atoms with E-state index < -0.39 is 0 Å². The van der Waals surface area contributed by atoms with E-state index in [-0.39, 0.29) is 12.0 Å². The number of oxime groups is 1. The molecule has 0 spiro atoms. The fraction of sp³-hybridized carbons (Fsp3) is 0.867. The molecule has 1 fully saturated rings. The molecular weight excluding hydrogens is 256 g/mol. The Labute approximate surface area is 121 Å². The first-order valence-electron chi connectivity index (χ1n) is 7.84. The molecule has 0 aliphatic carbocycles. The van der Waals surface area contributed by atoms with E-state index in [9.17, 15) is 4.79 Å². The van der Waals surface area contributed by atoms with E-state index in [2.05, 4.69) is 17.4 Å². The van der Waals surface area contributed by atoms with Crippen LogP contribution in [0.25, 0.3) is 0 Å². The molecule has 0 aromatic carbocycles. The van der Waals surface area contributed by atoms with Crippen molar-refractivity contribution < 1.29 is 14.4 Å². The number of carbonyl (C=O) groups excluding carboxylic acids is 1. The van der Waals surface area contributed by atoms with Gasteiger partial charge in [-0.15, -0.1) is 0 Å². The first-order chi connectivity index (χ1) is 9.78. The third-order valence-corrected chi connectivity index (χ3v) is 3.90. The van der Waals surface area contributed by atoms with Crippen LogP contribution in [-0.2, 0) is 14.4 Å². The van der Waals surface area contributed by atoms with Gasteiger partial charge in [0.25, 0.3) is 0 Å². The third kappa shape index (κ3) is 5.12. The van der Waals surface area contributed by atoms with Crippen LogP contribution < -0.4 is 5.32 Å². The molecule has 5 heteroatoms. The van der Waals surface area contributed by atoms with Crippen molar-refractivity contribution in [3.05, 3.63) is 0 Å². The molecule has 1 N–H and O–H groups in total. The molecule has 0 aromatic heterocycles. The number of rotatable bonds is 8. The normalized spacial score (nSPS) is 25.4. The fourth-order valence-corrected chi connectivity index (χ4v) is 2.62. The van der Waals surface area contributed by atoms with Crippen LogP contribution in [0.15, 0.2) is 5.16 Å². The summed E-state index contributed by atoms with van der Waals surface area (Å²) in [5, 5.41) is 7.01. The summed E-state index contributed by atoms with van der Waals surface area (Å²) in [6.07, 6.45) is 7.09. The van der Waals surface area contributed by atoms with Crippen LogP contribution in [0.1, 0.15) is 51.9 Å². The number of carbonyl (C=O) groups is 1. The molecule has 2 rings (SSSR count). The van der Waals surface area contributed by atoms with Crippen LogP contribution in [0, 0.1) is 5.92 Å². The summed E-state index contributed by atoms with van der Waals surface area (Å²) in [6, 6.07) is 0. The first-order valence-corrected chi connectivity index (χ1v) is 7.84. The van der Waals surface area contributed by atoms with Crippen LogP contribution in [0.5, 0.6) is 0 Å². The average Bonchev–Trinajstić information content (AvgIpc) is 3.08. The summed E-state index contributed by atoms with van der Waals surface area (Å²) < 4.78 is 5.29. The number of ether oxygens (including phenoxy) is 1.